The van der Waals surface area contributed by atoms with Gasteiger partial charge in [0.1, 0.15) is 23.0 Å². The number of amides is 1. The van der Waals surface area contributed by atoms with E-state index in [0.717, 1.165) is 11.1 Å². The molecule has 0 fully saturated rings. The Morgan fingerprint density at radius 3 is 2.52 bits per heavy atom. The molecule has 1 amide bonds. The Kier molecular flexibility index (Phi) is 5.55. The smallest absolute Gasteiger partial charge is 0.343 e. The van der Waals surface area contributed by atoms with E-state index in [1.807, 2.05) is 32.0 Å². The number of ether oxygens (including phenoxy) is 1. The molecule has 7 nitrogen and oxygen atoms in total. The minimum Gasteiger partial charge on any atom is -0.449 e. The zero-order valence-corrected chi connectivity index (χ0v) is 16.6. The number of anilines is 1. The van der Waals surface area contributed by atoms with Crippen molar-refractivity contribution in [1.82, 2.24) is 4.57 Å². The predicted molar refractivity (Wildman–Crippen MR) is 107 cm³/mol. The molecule has 1 atom stereocenters. The van der Waals surface area contributed by atoms with Crippen LogP contribution in [-0.4, -0.2) is 22.5 Å². The normalized spacial score (nSPS) is 11.6. The Hall–Kier alpha value is -3.79. The fourth-order valence-electron chi connectivity index (χ4n) is 2.99. The lowest BCUT2D eigenvalue weighted by Crippen LogP contribution is -2.30. The van der Waals surface area contributed by atoms with Crippen LogP contribution in [0.15, 0.2) is 47.1 Å². The quantitative estimate of drug-likeness (QED) is 0.662. The summed E-state index contributed by atoms with van der Waals surface area (Å²) in [6, 6.07) is 11.2. The van der Waals surface area contributed by atoms with Gasteiger partial charge in [-0.15, -0.1) is 0 Å². The molecule has 7 heteroatoms. The maximum atomic E-state index is 12.7. The van der Waals surface area contributed by atoms with Crippen molar-refractivity contribution in [2.75, 3.05) is 5.32 Å². The fraction of sp³-hybridized carbons (Fsp3) is 0.227. The first-order valence-corrected chi connectivity index (χ1v) is 9.07. The van der Waals surface area contributed by atoms with E-state index in [-0.39, 0.29) is 22.8 Å². The van der Waals surface area contributed by atoms with Crippen LogP contribution in [0.3, 0.4) is 0 Å². The molecule has 1 aromatic carbocycles. The van der Waals surface area contributed by atoms with Gasteiger partial charge < -0.3 is 14.5 Å². The first-order valence-electron chi connectivity index (χ1n) is 9.07. The Morgan fingerprint density at radius 2 is 1.90 bits per heavy atom. The van der Waals surface area contributed by atoms with E-state index in [1.165, 1.54) is 6.92 Å². The van der Waals surface area contributed by atoms with Crippen molar-refractivity contribution >= 4 is 17.6 Å². The number of nitrogens with zero attached hydrogens (tertiary/aromatic N) is 2. The summed E-state index contributed by atoms with van der Waals surface area (Å²) in [5.74, 6) is -0.772. The molecule has 0 saturated carbocycles. The number of benzene rings is 1. The summed E-state index contributed by atoms with van der Waals surface area (Å²) < 4.78 is 12.5. The summed E-state index contributed by atoms with van der Waals surface area (Å²) in [5, 5.41) is 12.3. The van der Waals surface area contributed by atoms with Crippen LogP contribution < -0.4 is 5.32 Å². The Balaban J connectivity index is 1.78. The number of carbonyl (C=O) groups is 2. The van der Waals surface area contributed by atoms with Crippen molar-refractivity contribution < 1.29 is 18.7 Å². The molecule has 0 aliphatic rings. The van der Waals surface area contributed by atoms with Crippen LogP contribution in [0.5, 0.6) is 0 Å². The van der Waals surface area contributed by atoms with Crippen LogP contribution in [0.1, 0.15) is 39.7 Å². The molecule has 2 heterocycles. The number of nitrogens with one attached hydrogen (secondary N) is 1. The lowest BCUT2D eigenvalue weighted by molar-refractivity contribution is -0.123. The van der Waals surface area contributed by atoms with Crippen molar-refractivity contribution in [3.8, 4) is 12.0 Å². The largest absolute Gasteiger partial charge is 0.449 e. The highest BCUT2D eigenvalue weighted by Crippen LogP contribution is 2.26. The predicted octanol–water partition coefficient (Wildman–Crippen LogP) is 4.05. The van der Waals surface area contributed by atoms with E-state index in [2.05, 4.69) is 5.32 Å². The van der Waals surface area contributed by atoms with E-state index in [9.17, 15) is 14.9 Å². The van der Waals surface area contributed by atoms with Gasteiger partial charge in [-0.2, -0.15) is 5.26 Å². The number of hydrogen-bond acceptors (Lipinski definition) is 5. The van der Waals surface area contributed by atoms with E-state index in [4.69, 9.17) is 9.15 Å². The molecule has 0 aliphatic heterocycles. The van der Waals surface area contributed by atoms with Gasteiger partial charge in [0, 0.05) is 18.1 Å². The molecule has 3 aromatic rings. The lowest BCUT2D eigenvalue weighted by Gasteiger charge is -2.15. The summed E-state index contributed by atoms with van der Waals surface area (Å²) in [7, 11) is 0. The summed E-state index contributed by atoms with van der Waals surface area (Å²) in [4.78, 5) is 25.2. The van der Waals surface area contributed by atoms with Crippen molar-refractivity contribution in [2.24, 2.45) is 0 Å². The van der Waals surface area contributed by atoms with Crippen LogP contribution >= 0.6 is 0 Å². The number of carbonyl (C=O) groups excluding carboxylic acids is 2. The second kappa shape index (κ2) is 8.07. The van der Waals surface area contributed by atoms with Gasteiger partial charge in [0.25, 0.3) is 5.91 Å². The first-order chi connectivity index (χ1) is 13.8. The van der Waals surface area contributed by atoms with Crippen LogP contribution in [-0.2, 0) is 9.53 Å². The number of nitriles is 1. The van der Waals surface area contributed by atoms with Crippen molar-refractivity contribution in [1.29, 1.82) is 5.26 Å². The van der Waals surface area contributed by atoms with Crippen LogP contribution in [0.2, 0.25) is 0 Å². The average Bonchev–Trinajstić information content (AvgIpc) is 3.30. The van der Waals surface area contributed by atoms with Gasteiger partial charge in [-0.3, -0.25) is 9.36 Å². The third-order valence-corrected chi connectivity index (χ3v) is 4.51. The number of hydrogen-bond donors (Lipinski definition) is 1. The molecule has 29 heavy (non-hydrogen) atoms. The highest BCUT2D eigenvalue weighted by Gasteiger charge is 2.28. The standard InChI is InChI=1S/C22H21N3O4/c1-13-7-8-18(14(2)11-13)24-20(26)16(4)29-22(27)19-15(3)28-21(17(19)12-23)25-9-5-6-10-25/h5-11,16H,1-4H3,(H,24,26)/t16-/m1/s1. The molecular formula is C22H21N3O4. The zero-order valence-electron chi connectivity index (χ0n) is 16.6. The maximum Gasteiger partial charge on any atom is 0.343 e. The monoisotopic (exact) mass is 391 g/mol. The third-order valence-electron chi connectivity index (χ3n) is 4.51. The van der Waals surface area contributed by atoms with E-state index < -0.39 is 18.0 Å². The third kappa shape index (κ3) is 4.06. The highest BCUT2D eigenvalue weighted by molar-refractivity contribution is 5.99. The molecule has 0 aliphatic carbocycles. The molecule has 1 N–H and O–H groups in total. The van der Waals surface area contributed by atoms with E-state index >= 15 is 0 Å². The van der Waals surface area contributed by atoms with Gasteiger partial charge >= 0.3 is 5.97 Å². The van der Waals surface area contributed by atoms with Crippen LogP contribution in [0, 0.1) is 32.1 Å². The summed E-state index contributed by atoms with van der Waals surface area (Å²) in [6.45, 7) is 6.90. The van der Waals surface area contributed by atoms with Gasteiger partial charge in [0.2, 0.25) is 5.88 Å². The maximum absolute atomic E-state index is 12.7. The Morgan fingerprint density at radius 1 is 1.21 bits per heavy atom. The molecule has 0 spiro atoms. The van der Waals surface area contributed by atoms with Crippen molar-refractivity contribution in [3.05, 3.63) is 70.7 Å². The zero-order chi connectivity index (χ0) is 21.1. The van der Waals surface area contributed by atoms with Crippen molar-refractivity contribution in [2.45, 2.75) is 33.8 Å². The Bertz CT molecular complexity index is 1100. The van der Waals surface area contributed by atoms with Crippen LogP contribution in [0.4, 0.5) is 5.69 Å². The summed E-state index contributed by atoms with van der Waals surface area (Å²) >= 11 is 0. The average molecular weight is 391 g/mol. The second-order valence-electron chi connectivity index (χ2n) is 6.77. The minimum absolute atomic E-state index is 0.0161. The number of aryl methyl sites for hydroxylation is 3. The molecule has 0 radical (unpaired) electrons. The molecular weight excluding hydrogens is 370 g/mol. The minimum atomic E-state index is -1.06. The molecule has 148 valence electrons. The van der Waals surface area contributed by atoms with Gasteiger partial charge in [-0.05, 0) is 51.5 Å². The fourth-order valence-corrected chi connectivity index (χ4v) is 2.99. The molecule has 2 aromatic heterocycles. The summed E-state index contributed by atoms with van der Waals surface area (Å²) in [5.41, 5.74) is 2.72. The molecule has 3 rings (SSSR count). The number of furan rings is 1. The number of rotatable bonds is 5. The Labute approximate surface area is 168 Å². The SMILES string of the molecule is Cc1ccc(NC(=O)[C@@H](C)OC(=O)c2c(C)oc(-n3cccc3)c2C#N)c(C)c1. The van der Waals surface area contributed by atoms with E-state index in [1.54, 1.807) is 42.1 Å². The van der Waals surface area contributed by atoms with Crippen LogP contribution in [0.25, 0.3) is 5.88 Å². The first kappa shape index (κ1) is 20.0. The second-order valence-corrected chi connectivity index (χ2v) is 6.77. The van der Waals surface area contributed by atoms with Crippen molar-refractivity contribution in [3.63, 3.8) is 0 Å². The van der Waals surface area contributed by atoms with Gasteiger partial charge in [-0.25, -0.2) is 4.79 Å². The molecule has 0 unspecified atom stereocenters. The van der Waals surface area contributed by atoms with Gasteiger partial charge in [0.05, 0.1) is 0 Å². The summed E-state index contributed by atoms with van der Waals surface area (Å²) in [6.07, 6.45) is 2.35. The lowest BCUT2D eigenvalue weighted by atomic mass is 10.1. The highest BCUT2D eigenvalue weighted by atomic mass is 16.5. The van der Waals surface area contributed by atoms with Gasteiger partial charge in [-0.1, -0.05) is 17.7 Å². The topological polar surface area (TPSA) is 97.3 Å². The molecule has 0 saturated heterocycles. The van der Waals surface area contributed by atoms with Gasteiger partial charge in [0.15, 0.2) is 6.10 Å². The molecule has 0 bridgehead atoms. The number of esters is 1. The number of aromatic nitrogens is 1. The van der Waals surface area contributed by atoms with E-state index in [0.29, 0.717) is 5.69 Å².